The molecule has 1 saturated heterocycles. The summed E-state index contributed by atoms with van der Waals surface area (Å²) in [4.78, 5) is 27.9. The molecule has 6 aliphatic rings. The molecule has 4 saturated carbocycles. The minimum atomic E-state index is -0.328. The molecule has 0 radical (unpaired) electrons. The summed E-state index contributed by atoms with van der Waals surface area (Å²) in [5, 5.41) is 0.110. The van der Waals surface area contributed by atoms with E-state index >= 15 is 0 Å². The van der Waals surface area contributed by atoms with Gasteiger partial charge in [-0.05, 0) is 109 Å². The van der Waals surface area contributed by atoms with Crippen LogP contribution in [-0.2, 0) is 16.8 Å². The van der Waals surface area contributed by atoms with Gasteiger partial charge in [-0.3, -0.25) is 14.5 Å². The maximum absolute atomic E-state index is 13.4. The molecule has 2 heterocycles. The van der Waals surface area contributed by atoms with Crippen molar-refractivity contribution in [3.05, 3.63) is 56.9 Å². The van der Waals surface area contributed by atoms with Crippen LogP contribution in [0.1, 0.15) is 55.2 Å². The van der Waals surface area contributed by atoms with E-state index in [0.29, 0.717) is 32.7 Å². The maximum Gasteiger partial charge on any atom is 0.293 e. The summed E-state index contributed by atoms with van der Waals surface area (Å²) in [6.45, 7) is 0.200. The van der Waals surface area contributed by atoms with Crippen LogP contribution in [0.2, 0.25) is 5.02 Å². The van der Waals surface area contributed by atoms with E-state index in [0.717, 1.165) is 35.1 Å². The van der Waals surface area contributed by atoms with Gasteiger partial charge >= 0.3 is 0 Å². The Hall–Kier alpha value is -2.64. The van der Waals surface area contributed by atoms with Gasteiger partial charge in [0.05, 0.1) is 18.6 Å². The first-order valence-electron chi connectivity index (χ1n) is 12.9. The first kappa shape index (κ1) is 23.5. The number of nitrogens with zero attached hydrogens (tertiary/aromatic N) is 1. The molecule has 0 aromatic heterocycles. The molecule has 2 aromatic rings. The third-order valence-electron chi connectivity index (χ3n) is 8.91. The number of halogens is 1. The Morgan fingerprint density at radius 1 is 1.05 bits per heavy atom. The molecule has 8 rings (SSSR count). The standard InChI is InChI=1S/C29H28ClNO5S/c1-34-23-3-2-21(29-11-16-4-17(12-29)6-18(5-16)13-29)7-19(23)9-26-27(32)31(28(33)37-26)14-20-8-24-25(10-22(20)30)36-15-35-24/h2-3,7-10,16-18H,4-6,11-15H2,1H3/b26-9-. The smallest absolute Gasteiger partial charge is 0.293 e. The van der Waals surface area contributed by atoms with Gasteiger partial charge in [0.2, 0.25) is 6.79 Å². The Morgan fingerprint density at radius 3 is 2.41 bits per heavy atom. The molecule has 4 aliphatic carbocycles. The van der Waals surface area contributed by atoms with Crippen molar-refractivity contribution in [1.29, 1.82) is 0 Å². The molecule has 5 fully saturated rings. The lowest BCUT2D eigenvalue weighted by Gasteiger charge is -2.57. The topological polar surface area (TPSA) is 65.1 Å². The zero-order valence-corrected chi connectivity index (χ0v) is 22.2. The largest absolute Gasteiger partial charge is 0.496 e. The minimum Gasteiger partial charge on any atom is -0.496 e. The zero-order chi connectivity index (χ0) is 25.3. The molecule has 0 spiro atoms. The molecule has 6 nitrogen and oxygen atoms in total. The predicted molar refractivity (Wildman–Crippen MR) is 142 cm³/mol. The molecule has 0 unspecified atom stereocenters. The number of hydrogen-bond acceptors (Lipinski definition) is 6. The Kier molecular flexibility index (Phi) is 5.52. The highest BCUT2D eigenvalue weighted by molar-refractivity contribution is 8.18. The van der Waals surface area contributed by atoms with Crippen LogP contribution in [0, 0.1) is 17.8 Å². The lowest BCUT2D eigenvalue weighted by atomic mass is 9.48. The normalized spacial score (nSPS) is 30.6. The van der Waals surface area contributed by atoms with Crippen LogP contribution in [0.4, 0.5) is 4.79 Å². The molecule has 2 aliphatic heterocycles. The van der Waals surface area contributed by atoms with E-state index in [-0.39, 0.29) is 29.9 Å². The van der Waals surface area contributed by atoms with E-state index in [1.807, 2.05) is 12.1 Å². The van der Waals surface area contributed by atoms with Crippen LogP contribution in [0.3, 0.4) is 0 Å². The van der Waals surface area contributed by atoms with Crippen molar-refractivity contribution >= 4 is 40.6 Å². The monoisotopic (exact) mass is 537 g/mol. The van der Waals surface area contributed by atoms with Gasteiger partial charge in [-0.15, -0.1) is 0 Å². The Balaban J connectivity index is 1.18. The van der Waals surface area contributed by atoms with Gasteiger partial charge in [-0.25, -0.2) is 0 Å². The van der Waals surface area contributed by atoms with Gasteiger partial charge in [-0.1, -0.05) is 17.7 Å². The van der Waals surface area contributed by atoms with Gasteiger partial charge in [0.25, 0.3) is 11.1 Å². The number of methoxy groups -OCH3 is 1. The molecule has 4 bridgehead atoms. The summed E-state index contributed by atoms with van der Waals surface area (Å²) in [6.07, 6.45) is 9.77. The lowest BCUT2D eigenvalue weighted by molar-refractivity contribution is -0.123. The SMILES string of the molecule is COc1ccc(C23CC4CC(CC(C4)C2)C3)cc1/C=C1\SC(=O)N(Cc2cc3c(cc2Cl)OCO3)C1=O. The third kappa shape index (κ3) is 3.93. The highest BCUT2D eigenvalue weighted by Crippen LogP contribution is 2.61. The summed E-state index contributed by atoms with van der Waals surface area (Å²) in [5.74, 6) is 4.04. The number of rotatable bonds is 5. The summed E-state index contributed by atoms with van der Waals surface area (Å²) in [7, 11) is 1.64. The summed E-state index contributed by atoms with van der Waals surface area (Å²) in [6, 6.07) is 9.84. The molecule has 37 heavy (non-hydrogen) atoms. The van der Waals surface area contributed by atoms with Crippen LogP contribution in [-0.4, -0.2) is 29.9 Å². The van der Waals surface area contributed by atoms with Crippen LogP contribution < -0.4 is 14.2 Å². The Morgan fingerprint density at radius 2 is 1.73 bits per heavy atom. The second-order valence-corrected chi connectivity index (χ2v) is 12.6. The fourth-order valence-corrected chi connectivity index (χ4v) is 8.71. The molecule has 8 heteroatoms. The van der Waals surface area contributed by atoms with E-state index in [4.69, 9.17) is 25.8 Å². The van der Waals surface area contributed by atoms with Crippen molar-refractivity contribution in [2.45, 2.75) is 50.5 Å². The molecule has 0 atom stereocenters. The molecule has 192 valence electrons. The molecule has 2 amide bonds. The summed E-state index contributed by atoms with van der Waals surface area (Å²) < 4.78 is 16.5. The van der Waals surface area contributed by atoms with Gasteiger partial charge in [0, 0.05) is 16.7 Å². The highest BCUT2D eigenvalue weighted by Gasteiger charge is 2.51. The van der Waals surface area contributed by atoms with Crippen LogP contribution >= 0.6 is 23.4 Å². The average molecular weight is 538 g/mol. The quantitative estimate of drug-likeness (QED) is 0.392. The number of thioether (sulfide) groups is 1. The van der Waals surface area contributed by atoms with Crippen LogP contribution in [0.25, 0.3) is 6.08 Å². The second-order valence-electron chi connectivity index (χ2n) is 11.2. The first-order chi connectivity index (χ1) is 17.9. The summed E-state index contributed by atoms with van der Waals surface area (Å²) >= 11 is 7.37. The van der Waals surface area contributed by atoms with E-state index in [9.17, 15) is 9.59 Å². The van der Waals surface area contributed by atoms with Crippen molar-refractivity contribution in [1.82, 2.24) is 4.90 Å². The molecular formula is C29H28ClNO5S. The van der Waals surface area contributed by atoms with Gasteiger partial charge in [0.1, 0.15) is 5.75 Å². The number of carbonyl (C=O) groups excluding carboxylic acids is 2. The minimum absolute atomic E-state index is 0.0714. The molecule has 2 aromatic carbocycles. The summed E-state index contributed by atoms with van der Waals surface area (Å²) in [5.41, 5.74) is 3.07. The number of ether oxygens (including phenoxy) is 3. The maximum atomic E-state index is 13.4. The lowest BCUT2D eigenvalue weighted by Crippen LogP contribution is -2.48. The van der Waals surface area contributed by atoms with E-state index in [2.05, 4.69) is 12.1 Å². The fraction of sp³-hybridized carbons (Fsp3) is 0.448. The van der Waals surface area contributed by atoms with Crippen molar-refractivity contribution in [2.75, 3.05) is 13.9 Å². The van der Waals surface area contributed by atoms with Gasteiger partial charge in [0.15, 0.2) is 11.5 Å². The zero-order valence-electron chi connectivity index (χ0n) is 20.6. The van der Waals surface area contributed by atoms with E-state index in [1.54, 1.807) is 19.2 Å². The number of imide groups is 1. The Bertz CT molecular complexity index is 1320. The average Bonchev–Trinajstić information content (AvgIpc) is 3.42. The van der Waals surface area contributed by atoms with E-state index < -0.39 is 0 Å². The molecular weight excluding hydrogens is 510 g/mol. The van der Waals surface area contributed by atoms with E-state index in [1.165, 1.54) is 49.0 Å². The van der Waals surface area contributed by atoms with Crippen molar-refractivity contribution < 1.29 is 23.8 Å². The van der Waals surface area contributed by atoms with Crippen LogP contribution in [0.15, 0.2) is 35.2 Å². The second kappa shape index (κ2) is 8.70. The number of hydrogen-bond donors (Lipinski definition) is 0. The fourth-order valence-electron chi connectivity index (χ4n) is 7.67. The highest BCUT2D eigenvalue weighted by atomic mass is 35.5. The van der Waals surface area contributed by atoms with Crippen molar-refractivity contribution in [3.63, 3.8) is 0 Å². The molecule has 0 N–H and O–H groups in total. The van der Waals surface area contributed by atoms with Crippen molar-refractivity contribution in [3.8, 4) is 17.2 Å². The number of benzene rings is 2. The van der Waals surface area contributed by atoms with Gasteiger partial charge < -0.3 is 14.2 Å². The third-order valence-corrected chi connectivity index (χ3v) is 10.2. The predicted octanol–water partition coefficient (Wildman–Crippen LogP) is 6.78. The number of amides is 2. The van der Waals surface area contributed by atoms with Crippen molar-refractivity contribution in [2.24, 2.45) is 17.8 Å². The number of carbonyl (C=O) groups is 2. The van der Waals surface area contributed by atoms with Gasteiger partial charge in [-0.2, -0.15) is 0 Å². The number of fused-ring (bicyclic) bond motifs is 1. The van der Waals surface area contributed by atoms with Crippen LogP contribution in [0.5, 0.6) is 17.2 Å². The first-order valence-corrected chi connectivity index (χ1v) is 14.1. The Labute approximate surface area is 225 Å².